The van der Waals surface area contributed by atoms with E-state index >= 15 is 0 Å². The number of hydrogen-bond acceptors (Lipinski definition) is 5. The molecule has 7 nitrogen and oxygen atoms in total. The summed E-state index contributed by atoms with van der Waals surface area (Å²) in [4.78, 5) is 41.8. The van der Waals surface area contributed by atoms with E-state index < -0.39 is 5.91 Å². The Balaban J connectivity index is 1.46. The summed E-state index contributed by atoms with van der Waals surface area (Å²) in [5, 5.41) is 0. The Morgan fingerprint density at radius 2 is 1.76 bits per heavy atom. The van der Waals surface area contributed by atoms with Crippen molar-refractivity contribution in [2.75, 3.05) is 18.7 Å². The van der Waals surface area contributed by atoms with Gasteiger partial charge in [-0.05, 0) is 54.7 Å². The summed E-state index contributed by atoms with van der Waals surface area (Å²) < 4.78 is 10.4. The van der Waals surface area contributed by atoms with Gasteiger partial charge >= 0.3 is 0 Å². The second-order valence-electron chi connectivity index (χ2n) is 7.65. The quantitative estimate of drug-likeness (QED) is 0.577. The fourth-order valence-electron chi connectivity index (χ4n) is 4.80. The Hall–Kier alpha value is -3.35. The van der Waals surface area contributed by atoms with Crippen LogP contribution in [-0.2, 0) is 9.59 Å². The van der Waals surface area contributed by atoms with Gasteiger partial charge in [-0.25, -0.2) is 0 Å². The highest BCUT2D eigenvalue weighted by atomic mass is 16.5. The number of carbonyl (C=O) groups excluding carboxylic acids is 3. The Kier molecular flexibility index (Phi) is 4.04. The molecule has 3 amide bonds. The Bertz CT molecular complexity index is 965. The number of likely N-dealkylation sites (tertiary alicyclic amines) is 1. The molecule has 1 aromatic heterocycles. The molecule has 0 N–H and O–H groups in total. The molecule has 1 aliphatic heterocycles. The summed E-state index contributed by atoms with van der Waals surface area (Å²) in [6, 6.07) is 10.1. The molecule has 2 heterocycles. The van der Waals surface area contributed by atoms with Gasteiger partial charge in [0.1, 0.15) is 12.4 Å². The number of carbonyl (C=O) groups is 3. The highest BCUT2D eigenvalue weighted by molar-refractivity contribution is 6.09. The number of furan rings is 1. The zero-order valence-electron chi connectivity index (χ0n) is 15.9. The first kappa shape index (κ1) is 17.7. The molecule has 3 aliphatic rings. The van der Waals surface area contributed by atoms with Crippen molar-refractivity contribution in [2.24, 2.45) is 23.7 Å². The number of amides is 3. The summed E-state index contributed by atoms with van der Waals surface area (Å²) >= 11 is 0. The van der Waals surface area contributed by atoms with E-state index in [1.165, 1.54) is 16.1 Å². The second kappa shape index (κ2) is 6.62. The van der Waals surface area contributed by atoms with E-state index in [-0.39, 0.29) is 47.9 Å². The lowest BCUT2D eigenvalue weighted by atomic mass is 9.85. The maximum atomic E-state index is 13.1. The molecular weight excluding hydrogens is 372 g/mol. The van der Waals surface area contributed by atoms with Crippen LogP contribution in [0.3, 0.4) is 0 Å². The zero-order valence-corrected chi connectivity index (χ0v) is 15.9. The molecular formula is C22H20N2O5. The van der Waals surface area contributed by atoms with Gasteiger partial charge in [0.25, 0.3) is 5.91 Å². The molecule has 0 unspecified atom stereocenters. The molecule has 0 spiro atoms. The van der Waals surface area contributed by atoms with Crippen LogP contribution in [0, 0.1) is 23.7 Å². The number of fused-ring (bicyclic) bond motifs is 5. The molecule has 29 heavy (non-hydrogen) atoms. The molecule has 2 aromatic rings. The van der Waals surface area contributed by atoms with Crippen LogP contribution in [0.25, 0.3) is 0 Å². The first-order valence-electron chi connectivity index (χ1n) is 9.61. The van der Waals surface area contributed by atoms with E-state index in [0.29, 0.717) is 11.4 Å². The molecule has 1 aromatic carbocycles. The van der Waals surface area contributed by atoms with Crippen LogP contribution in [-0.4, -0.2) is 36.4 Å². The van der Waals surface area contributed by atoms with E-state index in [4.69, 9.17) is 9.15 Å². The number of ether oxygens (including phenoxy) is 1. The third-order valence-corrected chi connectivity index (χ3v) is 6.21. The van der Waals surface area contributed by atoms with Crippen LogP contribution in [0.1, 0.15) is 17.0 Å². The molecule has 0 radical (unpaired) electrons. The summed E-state index contributed by atoms with van der Waals surface area (Å²) in [5.74, 6) is -0.359. The largest absolute Gasteiger partial charge is 0.497 e. The van der Waals surface area contributed by atoms with Gasteiger partial charge in [-0.3, -0.25) is 24.2 Å². The predicted octanol–water partition coefficient (Wildman–Crippen LogP) is 2.70. The van der Waals surface area contributed by atoms with Crippen molar-refractivity contribution in [2.45, 2.75) is 6.42 Å². The molecule has 5 rings (SSSR count). The molecule has 1 saturated heterocycles. The average Bonchev–Trinajstić information content (AvgIpc) is 3.53. The van der Waals surface area contributed by atoms with Crippen LogP contribution in [0.15, 0.2) is 59.2 Å². The number of imide groups is 1. The zero-order chi connectivity index (χ0) is 20.1. The average molecular weight is 392 g/mol. The van der Waals surface area contributed by atoms with Crippen LogP contribution in [0.2, 0.25) is 0 Å². The highest BCUT2D eigenvalue weighted by Gasteiger charge is 2.59. The first-order chi connectivity index (χ1) is 14.1. The van der Waals surface area contributed by atoms with Crippen LogP contribution in [0.5, 0.6) is 5.75 Å². The molecule has 4 atom stereocenters. The minimum atomic E-state index is -0.418. The monoisotopic (exact) mass is 392 g/mol. The summed E-state index contributed by atoms with van der Waals surface area (Å²) in [7, 11) is 1.56. The molecule has 2 bridgehead atoms. The Morgan fingerprint density at radius 1 is 1.10 bits per heavy atom. The van der Waals surface area contributed by atoms with Gasteiger partial charge in [0, 0.05) is 5.69 Å². The number of benzene rings is 1. The van der Waals surface area contributed by atoms with Gasteiger partial charge < -0.3 is 9.15 Å². The fraction of sp³-hybridized carbons (Fsp3) is 0.318. The third-order valence-electron chi connectivity index (χ3n) is 6.21. The standard InChI is InChI=1S/C22H20N2O5/c1-28-16-8-6-15(7-9-16)23(20(25)17-3-2-10-29-17)12-24-21(26)18-13-4-5-14(11-13)19(18)22(24)27/h2-10,13-14,18-19H,11-12H2,1H3/t13-,14+,18-,19-/m0/s1. The van der Waals surface area contributed by atoms with Gasteiger partial charge in [0.05, 0.1) is 25.2 Å². The smallest absolute Gasteiger partial charge is 0.295 e. The van der Waals surface area contributed by atoms with Crippen molar-refractivity contribution in [1.82, 2.24) is 4.90 Å². The van der Waals surface area contributed by atoms with Gasteiger partial charge in [0.15, 0.2) is 5.76 Å². The molecule has 2 aliphatic carbocycles. The van der Waals surface area contributed by atoms with E-state index in [2.05, 4.69) is 12.2 Å². The van der Waals surface area contributed by atoms with E-state index in [1.807, 2.05) is 0 Å². The molecule has 1 saturated carbocycles. The number of methoxy groups -OCH3 is 1. The number of hydrogen-bond donors (Lipinski definition) is 0. The van der Waals surface area contributed by atoms with Crippen molar-refractivity contribution in [1.29, 1.82) is 0 Å². The lowest BCUT2D eigenvalue weighted by Crippen LogP contribution is -2.45. The van der Waals surface area contributed by atoms with E-state index in [0.717, 1.165) is 6.42 Å². The van der Waals surface area contributed by atoms with Gasteiger partial charge in [0.2, 0.25) is 11.8 Å². The number of rotatable bonds is 5. The summed E-state index contributed by atoms with van der Waals surface area (Å²) in [6.07, 6.45) is 6.39. The Labute approximate surface area is 167 Å². The van der Waals surface area contributed by atoms with Crippen molar-refractivity contribution < 1.29 is 23.5 Å². The molecule has 2 fully saturated rings. The van der Waals surface area contributed by atoms with Gasteiger partial charge in [-0.15, -0.1) is 0 Å². The fourth-order valence-corrected chi connectivity index (χ4v) is 4.80. The summed E-state index contributed by atoms with van der Waals surface area (Å²) in [6.45, 7) is -0.143. The number of allylic oxidation sites excluding steroid dienone is 2. The van der Waals surface area contributed by atoms with Crippen LogP contribution < -0.4 is 9.64 Å². The maximum Gasteiger partial charge on any atom is 0.295 e. The topological polar surface area (TPSA) is 80.1 Å². The van der Waals surface area contributed by atoms with E-state index in [1.54, 1.807) is 43.5 Å². The van der Waals surface area contributed by atoms with Crippen LogP contribution >= 0.6 is 0 Å². The molecule has 148 valence electrons. The predicted molar refractivity (Wildman–Crippen MR) is 103 cm³/mol. The van der Waals surface area contributed by atoms with Gasteiger partial charge in [-0.2, -0.15) is 0 Å². The van der Waals surface area contributed by atoms with Crippen molar-refractivity contribution in [3.63, 3.8) is 0 Å². The van der Waals surface area contributed by atoms with E-state index in [9.17, 15) is 14.4 Å². The third kappa shape index (κ3) is 2.68. The highest BCUT2D eigenvalue weighted by Crippen LogP contribution is 2.52. The second-order valence-corrected chi connectivity index (χ2v) is 7.65. The minimum Gasteiger partial charge on any atom is -0.497 e. The van der Waals surface area contributed by atoms with Crippen molar-refractivity contribution >= 4 is 23.4 Å². The number of nitrogens with zero attached hydrogens (tertiary/aromatic N) is 2. The normalized spacial score (nSPS) is 26.9. The maximum absolute atomic E-state index is 13.1. The van der Waals surface area contributed by atoms with Crippen LogP contribution in [0.4, 0.5) is 5.69 Å². The lowest BCUT2D eigenvalue weighted by Gasteiger charge is -2.27. The van der Waals surface area contributed by atoms with Gasteiger partial charge in [-0.1, -0.05) is 12.2 Å². The lowest BCUT2D eigenvalue weighted by molar-refractivity contribution is -0.140. The number of anilines is 1. The minimum absolute atomic E-state index is 0.127. The first-order valence-corrected chi connectivity index (χ1v) is 9.61. The van der Waals surface area contributed by atoms with Crippen molar-refractivity contribution in [3.05, 3.63) is 60.6 Å². The summed E-state index contributed by atoms with van der Waals surface area (Å²) in [5.41, 5.74) is 0.547. The molecule has 7 heteroatoms. The SMILES string of the molecule is COc1ccc(N(CN2C(=O)[C@@H]3[C@@H](C2=O)[C@H]2C=C[C@@H]3C2)C(=O)c2ccco2)cc1. The van der Waals surface area contributed by atoms with Crippen molar-refractivity contribution in [3.8, 4) is 5.75 Å². The Morgan fingerprint density at radius 3 is 2.31 bits per heavy atom.